The highest BCUT2D eigenvalue weighted by atomic mass is 19.4. The van der Waals surface area contributed by atoms with Crippen LogP contribution in [0.4, 0.5) is 13.2 Å². The number of aromatic nitrogens is 2. The zero-order valence-corrected chi connectivity index (χ0v) is 9.33. The normalized spacial score (nSPS) is 11.8. The van der Waals surface area contributed by atoms with E-state index in [0.717, 1.165) is 0 Å². The van der Waals surface area contributed by atoms with E-state index < -0.39 is 12.8 Å². The number of carbonyl (C=O) groups is 1. The Bertz CT molecular complexity index is 374. The molecule has 0 bridgehead atoms. The van der Waals surface area contributed by atoms with Crippen LogP contribution in [0.3, 0.4) is 0 Å². The maximum Gasteiger partial charge on any atom is 0.411 e. The van der Waals surface area contributed by atoms with Gasteiger partial charge in [0, 0.05) is 19.3 Å². The minimum Gasteiger partial charge on any atom is -0.372 e. The maximum atomic E-state index is 11.7. The van der Waals surface area contributed by atoms with Gasteiger partial charge in [-0.1, -0.05) is 0 Å². The van der Waals surface area contributed by atoms with E-state index in [0.29, 0.717) is 18.5 Å². The Balaban J connectivity index is 2.20. The van der Waals surface area contributed by atoms with Crippen molar-refractivity contribution in [1.82, 2.24) is 9.78 Å². The van der Waals surface area contributed by atoms with Gasteiger partial charge in [-0.15, -0.1) is 0 Å². The molecule has 0 aromatic carbocycles. The van der Waals surface area contributed by atoms with E-state index in [1.165, 1.54) is 17.8 Å². The van der Waals surface area contributed by atoms with Crippen molar-refractivity contribution in [3.05, 3.63) is 18.0 Å². The van der Waals surface area contributed by atoms with Crippen molar-refractivity contribution in [2.24, 2.45) is 0 Å². The first-order valence-corrected chi connectivity index (χ1v) is 5.06. The van der Waals surface area contributed by atoms with Crippen LogP contribution < -0.4 is 0 Å². The van der Waals surface area contributed by atoms with Crippen molar-refractivity contribution < 1.29 is 22.7 Å². The van der Waals surface area contributed by atoms with Crippen molar-refractivity contribution in [1.29, 1.82) is 0 Å². The zero-order chi connectivity index (χ0) is 12.9. The number of ketones is 1. The molecule has 0 aliphatic heterocycles. The summed E-state index contributed by atoms with van der Waals surface area (Å²) in [6, 6.07) is 0. The summed E-state index contributed by atoms with van der Waals surface area (Å²) in [7, 11) is 0. The Morgan fingerprint density at radius 2 is 2.24 bits per heavy atom. The molecule has 0 N–H and O–H groups in total. The Morgan fingerprint density at radius 1 is 1.53 bits per heavy atom. The van der Waals surface area contributed by atoms with Crippen LogP contribution >= 0.6 is 0 Å². The number of alkyl halides is 3. The van der Waals surface area contributed by atoms with Gasteiger partial charge in [0.25, 0.3) is 0 Å². The summed E-state index contributed by atoms with van der Waals surface area (Å²) < 4.78 is 41.1. The molecule has 0 radical (unpaired) electrons. The number of nitrogens with zero attached hydrogens (tertiary/aromatic N) is 2. The monoisotopic (exact) mass is 250 g/mol. The molecule has 7 heteroatoms. The molecule has 0 aliphatic rings. The molecule has 1 aromatic heterocycles. The smallest absolute Gasteiger partial charge is 0.372 e. The molecule has 0 fully saturated rings. The molecule has 96 valence electrons. The van der Waals surface area contributed by atoms with Crippen LogP contribution in [0.15, 0.2) is 12.4 Å². The molecule has 1 aromatic rings. The van der Waals surface area contributed by atoms with Gasteiger partial charge in [-0.2, -0.15) is 18.3 Å². The van der Waals surface area contributed by atoms with E-state index in [4.69, 9.17) is 0 Å². The second-order valence-electron chi connectivity index (χ2n) is 3.57. The summed E-state index contributed by atoms with van der Waals surface area (Å²) in [5.41, 5.74) is 0.487. The molecule has 1 heterocycles. The highest BCUT2D eigenvalue weighted by Gasteiger charge is 2.27. The fourth-order valence-corrected chi connectivity index (χ4v) is 1.18. The minimum atomic E-state index is -4.28. The van der Waals surface area contributed by atoms with Crippen LogP contribution in [-0.2, 0) is 11.3 Å². The molecule has 1 rings (SSSR count). The summed E-state index contributed by atoms with van der Waals surface area (Å²) in [4.78, 5) is 10.9. The van der Waals surface area contributed by atoms with Crippen molar-refractivity contribution >= 4 is 5.78 Å². The van der Waals surface area contributed by atoms with Crippen molar-refractivity contribution in [2.75, 3.05) is 13.2 Å². The lowest BCUT2D eigenvalue weighted by atomic mass is 10.3. The first kappa shape index (κ1) is 13.7. The average molecular weight is 250 g/mol. The van der Waals surface area contributed by atoms with Gasteiger partial charge in [0.15, 0.2) is 5.78 Å². The van der Waals surface area contributed by atoms with Crippen molar-refractivity contribution in [3.8, 4) is 0 Å². The molecule has 0 unspecified atom stereocenters. The molecule has 0 spiro atoms. The highest BCUT2D eigenvalue weighted by Crippen LogP contribution is 2.14. The van der Waals surface area contributed by atoms with Crippen molar-refractivity contribution in [2.45, 2.75) is 26.1 Å². The van der Waals surface area contributed by atoms with E-state index in [1.54, 1.807) is 6.20 Å². The molecular formula is C10H13F3N2O2. The lowest BCUT2D eigenvalue weighted by Crippen LogP contribution is -2.17. The van der Waals surface area contributed by atoms with Gasteiger partial charge >= 0.3 is 6.18 Å². The fourth-order valence-electron chi connectivity index (χ4n) is 1.18. The standard InChI is InChI=1S/C10H13F3N2O2/c1-8(16)9-5-14-15(6-9)3-2-4-17-7-10(11,12)13/h5-6H,2-4,7H2,1H3. The van der Waals surface area contributed by atoms with Gasteiger partial charge in [0.2, 0.25) is 0 Å². The summed E-state index contributed by atoms with van der Waals surface area (Å²) in [6.45, 7) is 0.624. The second-order valence-corrected chi connectivity index (χ2v) is 3.57. The number of aryl methyl sites for hydroxylation is 1. The predicted molar refractivity (Wildman–Crippen MR) is 53.7 cm³/mol. The zero-order valence-electron chi connectivity index (χ0n) is 9.33. The number of halogens is 3. The summed E-state index contributed by atoms with van der Waals surface area (Å²) in [5, 5.41) is 3.90. The fraction of sp³-hybridized carbons (Fsp3) is 0.600. The minimum absolute atomic E-state index is 0.00871. The predicted octanol–water partition coefficient (Wildman–Crippen LogP) is 2.05. The summed E-state index contributed by atoms with van der Waals surface area (Å²) in [6.07, 6.45) is -0.881. The number of ether oxygens (including phenoxy) is 1. The third kappa shape index (κ3) is 5.48. The van der Waals surface area contributed by atoms with E-state index in [1.807, 2.05) is 0 Å². The number of hydrogen-bond donors (Lipinski definition) is 0. The van der Waals surface area contributed by atoms with Crippen LogP contribution in [0.25, 0.3) is 0 Å². The van der Waals surface area contributed by atoms with Crippen LogP contribution in [0, 0.1) is 0 Å². The number of hydrogen-bond acceptors (Lipinski definition) is 3. The number of Topliss-reactive ketones (excluding diaryl/α,β-unsaturated/α-hetero) is 1. The molecular weight excluding hydrogens is 237 g/mol. The van der Waals surface area contributed by atoms with Crippen LogP contribution in [0.5, 0.6) is 0 Å². The van der Waals surface area contributed by atoms with Gasteiger partial charge in [0.1, 0.15) is 6.61 Å². The topological polar surface area (TPSA) is 44.1 Å². The molecule has 0 saturated carbocycles. The molecule has 0 amide bonds. The maximum absolute atomic E-state index is 11.7. The van der Waals surface area contributed by atoms with Gasteiger partial charge in [0.05, 0.1) is 11.8 Å². The summed E-state index contributed by atoms with van der Waals surface area (Å²) >= 11 is 0. The van der Waals surface area contributed by atoms with Gasteiger partial charge in [-0.3, -0.25) is 9.48 Å². The first-order valence-electron chi connectivity index (χ1n) is 5.06. The lowest BCUT2D eigenvalue weighted by molar-refractivity contribution is -0.174. The molecule has 0 saturated heterocycles. The second kappa shape index (κ2) is 5.81. The third-order valence-electron chi connectivity index (χ3n) is 1.98. The SMILES string of the molecule is CC(=O)c1cnn(CCCOCC(F)(F)F)c1. The Morgan fingerprint density at radius 3 is 2.76 bits per heavy atom. The highest BCUT2D eigenvalue weighted by molar-refractivity contribution is 5.93. The average Bonchev–Trinajstić information content (AvgIpc) is 2.64. The third-order valence-corrected chi connectivity index (χ3v) is 1.98. The van der Waals surface area contributed by atoms with Crippen molar-refractivity contribution in [3.63, 3.8) is 0 Å². The Labute approximate surface area is 96.4 Å². The Kier molecular flexibility index (Phi) is 4.68. The summed E-state index contributed by atoms with van der Waals surface area (Å²) in [5.74, 6) is -0.0930. The lowest BCUT2D eigenvalue weighted by Gasteiger charge is -2.07. The molecule has 0 atom stereocenters. The van der Waals surface area contributed by atoms with E-state index >= 15 is 0 Å². The van der Waals surface area contributed by atoms with E-state index in [-0.39, 0.29) is 12.4 Å². The number of carbonyl (C=O) groups excluding carboxylic acids is 1. The van der Waals surface area contributed by atoms with Gasteiger partial charge < -0.3 is 4.74 Å². The molecule has 0 aliphatic carbocycles. The molecule has 17 heavy (non-hydrogen) atoms. The van der Waals surface area contributed by atoms with Crippen LogP contribution in [-0.4, -0.2) is 35.0 Å². The number of rotatable bonds is 6. The van der Waals surface area contributed by atoms with Crippen LogP contribution in [0.2, 0.25) is 0 Å². The molecule has 4 nitrogen and oxygen atoms in total. The first-order chi connectivity index (χ1) is 7.88. The van der Waals surface area contributed by atoms with Gasteiger partial charge in [-0.05, 0) is 13.3 Å². The quantitative estimate of drug-likeness (QED) is 0.573. The Hall–Kier alpha value is -1.37. The largest absolute Gasteiger partial charge is 0.411 e. The van der Waals surface area contributed by atoms with E-state index in [9.17, 15) is 18.0 Å². The van der Waals surface area contributed by atoms with Crippen LogP contribution in [0.1, 0.15) is 23.7 Å². The van der Waals surface area contributed by atoms with Gasteiger partial charge in [-0.25, -0.2) is 0 Å². The van der Waals surface area contributed by atoms with E-state index in [2.05, 4.69) is 9.84 Å².